The van der Waals surface area contributed by atoms with E-state index in [0.717, 1.165) is 0 Å². The van der Waals surface area contributed by atoms with Crippen LogP contribution < -0.4 is 15.4 Å². The first kappa shape index (κ1) is 15.6. The van der Waals surface area contributed by atoms with E-state index < -0.39 is 21.7 Å². The summed E-state index contributed by atoms with van der Waals surface area (Å²) < 4.78 is 51.5. The molecule has 0 saturated carbocycles. The fraction of sp³-hybridized carbons (Fsp3) is 0.500. The second-order valence-electron chi connectivity index (χ2n) is 3.64. The average Bonchev–Trinajstić information content (AvgIpc) is 2.31. The lowest BCUT2D eigenvalue weighted by Crippen LogP contribution is -2.29. The van der Waals surface area contributed by atoms with Crippen LogP contribution in [0.4, 0.5) is 20.4 Å². The summed E-state index contributed by atoms with van der Waals surface area (Å²) in [6, 6.07) is 0.681. The molecule has 1 rings (SSSR count). The maximum atomic E-state index is 13.4. The number of hydrogen-bond donors (Lipinski definition) is 3. The van der Waals surface area contributed by atoms with E-state index in [2.05, 4.69) is 20.3 Å². The molecule has 108 valence electrons. The molecule has 1 aromatic heterocycles. The molecule has 0 unspecified atom stereocenters. The van der Waals surface area contributed by atoms with Crippen LogP contribution in [0, 0.1) is 11.6 Å². The summed E-state index contributed by atoms with van der Waals surface area (Å²) in [6.07, 6.45) is 0. The van der Waals surface area contributed by atoms with Gasteiger partial charge in [0.15, 0.2) is 23.3 Å². The highest BCUT2D eigenvalue weighted by molar-refractivity contribution is 7.89. The molecule has 0 atom stereocenters. The van der Waals surface area contributed by atoms with Crippen LogP contribution in [0.15, 0.2) is 6.07 Å². The van der Waals surface area contributed by atoms with E-state index >= 15 is 0 Å². The second kappa shape index (κ2) is 6.62. The van der Waals surface area contributed by atoms with Crippen LogP contribution in [0.2, 0.25) is 0 Å². The molecule has 0 aliphatic rings. The summed E-state index contributed by atoms with van der Waals surface area (Å²) in [5.74, 6) is -2.23. The summed E-state index contributed by atoms with van der Waals surface area (Å²) in [6.45, 7) is 1.91. The molecule has 19 heavy (non-hydrogen) atoms. The van der Waals surface area contributed by atoms with Crippen molar-refractivity contribution in [2.75, 3.05) is 36.5 Å². The Labute approximate surface area is 110 Å². The Balaban J connectivity index is 2.68. The number of nitrogens with zero attached hydrogens (tertiary/aromatic N) is 1. The highest BCUT2D eigenvalue weighted by atomic mass is 32.2. The van der Waals surface area contributed by atoms with Crippen LogP contribution in [0.1, 0.15) is 6.92 Å². The van der Waals surface area contributed by atoms with Crippen molar-refractivity contribution >= 4 is 21.7 Å². The molecule has 0 amide bonds. The number of nitrogens with one attached hydrogen (secondary N) is 3. The lowest BCUT2D eigenvalue weighted by molar-refractivity contribution is 0.576. The monoisotopic (exact) mass is 294 g/mol. The van der Waals surface area contributed by atoms with Gasteiger partial charge >= 0.3 is 0 Å². The van der Waals surface area contributed by atoms with E-state index in [4.69, 9.17) is 0 Å². The Morgan fingerprint density at radius 3 is 2.47 bits per heavy atom. The highest BCUT2D eigenvalue weighted by Gasteiger charge is 2.12. The normalized spacial score (nSPS) is 11.4. The molecule has 3 N–H and O–H groups in total. The summed E-state index contributed by atoms with van der Waals surface area (Å²) in [4.78, 5) is 3.67. The van der Waals surface area contributed by atoms with Gasteiger partial charge in [-0.1, -0.05) is 6.92 Å². The van der Waals surface area contributed by atoms with Crippen molar-refractivity contribution in [1.82, 2.24) is 9.71 Å². The maximum Gasteiger partial charge on any atom is 0.213 e. The quantitative estimate of drug-likeness (QED) is 0.691. The number of anilines is 2. The van der Waals surface area contributed by atoms with E-state index in [-0.39, 0.29) is 30.5 Å². The van der Waals surface area contributed by atoms with Crippen molar-refractivity contribution in [2.45, 2.75) is 6.92 Å². The van der Waals surface area contributed by atoms with Gasteiger partial charge in [-0.3, -0.25) is 0 Å². The Hall–Kier alpha value is -1.48. The molecule has 6 nitrogen and oxygen atoms in total. The minimum absolute atomic E-state index is 0.0337. The number of sulfonamides is 1. The van der Waals surface area contributed by atoms with E-state index in [1.54, 1.807) is 6.92 Å². The molecule has 0 radical (unpaired) electrons. The molecule has 0 aromatic carbocycles. The summed E-state index contributed by atoms with van der Waals surface area (Å²) in [5, 5.41) is 4.98. The number of halogens is 2. The van der Waals surface area contributed by atoms with Crippen LogP contribution in [0.25, 0.3) is 0 Å². The predicted molar refractivity (Wildman–Crippen MR) is 69.7 cm³/mol. The van der Waals surface area contributed by atoms with Gasteiger partial charge in [-0.05, 0) is 0 Å². The number of rotatable bonds is 7. The summed E-state index contributed by atoms with van der Waals surface area (Å²) in [7, 11) is -1.94. The largest absolute Gasteiger partial charge is 0.371 e. The summed E-state index contributed by atoms with van der Waals surface area (Å²) in [5.41, 5.74) is 0. The van der Waals surface area contributed by atoms with Crippen molar-refractivity contribution < 1.29 is 17.2 Å². The number of aromatic nitrogens is 1. The Bertz CT molecular complexity index is 537. The first-order chi connectivity index (χ1) is 8.89. The van der Waals surface area contributed by atoms with Crippen molar-refractivity contribution in [3.8, 4) is 0 Å². The second-order valence-corrected chi connectivity index (χ2v) is 5.57. The Morgan fingerprint density at radius 1 is 1.26 bits per heavy atom. The van der Waals surface area contributed by atoms with Crippen LogP contribution in [-0.2, 0) is 10.0 Å². The first-order valence-corrected chi connectivity index (χ1v) is 7.30. The molecular formula is C10H16F2N4O2S. The zero-order chi connectivity index (χ0) is 14.5. The van der Waals surface area contributed by atoms with E-state index in [9.17, 15) is 17.2 Å². The average molecular weight is 294 g/mol. The van der Waals surface area contributed by atoms with Gasteiger partial charge in [0, 0.05) is 26.2 Å². The van der Waals surface area contributed by atoms with Gasteiger partial charge in [-0.15, -0.1) is 0 Å². The third kappa shape index (κ3) is 4.60. The van der Waals surface area contributed by atoms with Gasteiger partial charge in [-0.25, -0.2) is 26.9 Å². The van der Waals surface area contributed by atoms with Crippen LogP contribution >= 0.6 is 0 Å². The van der Waals surface area contributed by atoms with Crippen molar-refractivity contribution in [3.63, 3.8) is 0 Å². The van der Waals surface area contributed by atoms with E-state index in [1.807, 2.05) is 0 Å². The fourth-order valence-corrected chi connectivity index (χ4v) is 2.32. The van der Waals surface area contributed by atoms with Crippen molar-refractivity contribution in [1.29, 1.82) is 0 Å². The first-order valence-electron chi connectivity index (χ1n) is 5.64. The molecular weight excluding hydrogens is 278 g/mol. The van der Waals surface area contributed by atoms with Gasteiger partial charge in [0.25, 0.3) is 0 Å². The highest BCUT2D eigenvalue weighted by Crippen LogP contribution is 2.18. The molecule has 0 saturated heterocycles. The predicted octanol–water partition coefficient (Wildman–Crippen LogP) is 0.753. The Morgan fingerprint density at radius 2 is 1.89 bits per heavy atom. The molecule has 0 bridgehead atoms. The van der Waals surface area contributed by atoms with E-state index in [0.29, 0.717) is 6.07 Å². The van der Waals surface area contributed by atoms with Gasteiger partial charge in [0.1, 0.15) is 0 Å². The lowest BCUT2D eigenvalue weighted by atomic mass is 10.4. The molecule has 0 aliphatic heterocycles. The lowest BCUT2D eigenvalue weighted by Gasteiger charge is -2.09. The standard InChI is InChI=1S/C10H16F2N4O2S/c1-3-15-19(17,18)5-4-14-10-8(12)6-7(11)9(13-2)16-10/h6,15H,3-5H2,1-2H3,(H2,13,14,16). The zero-order valence-electron chi connectivity index (χ0n) is 10.6. The molecule has 0 fully saturated rings. The third-order valence-corrected chi connectivity index (χ3v) is 3.66. The van der Waals surface area contributed by atoms with Crippen molar-refractivity contribution in [2.24, 2.45) is 0 Å². The minimum atomic E-state index is -3.39. The van der Waals surface area contributed by atoms with Crippen molar-refractivity contribution in [3.05, 3.63) is 17.7 Å². The Kier molecular flexibility index (Phi) is 5.43. The fourth-order valence-electron chi connectivity index (χ4n) is 1.36. The third-order valence-electron chi connectivity index (χ3n) is 2.19. The molecule has 1 aromatic rings. The molecule has 9 heteroatoms. The molecule has 0 spiro atoms. The SMILES string of the molecule is CCNS(=O)(=O)CCNc1nc(NC)c(F)cc1F. The smallest absolute Gasteiger partial charge is 0.213 e. The van der Waals surface area contributed by atoms with Gasteiger partial charge in [-0.2, -0.15) is 0 Å². The topological polar surface area (TPSA) is 83.1 Å². The zero-order valence-corrected chi connectivity index (χ0v) is 11.4. The molecule has 1 heterocycles. The van der Waals surface area contributed by atoms with Crippen LogP contribution in [-0.4, -0.2) is 39.3 Å². The number of pyridine rings is 1. The van der Waals surface area contributed by atoms with Gasteiger partial charge < -0.3 is 10.6 Å². The minimum Gasteiger partial charge on any atom is -0.371 e. The van der Waals surface area contributed by atoms with Crippen LogP contribution in [0.5, 0.6) is 0 Å². The van der Waals surface area contributed by atoms with Crippen LogP contribution in [0.3, 0.4) is 0 Å². The molecule has 0 aliphatic carbocycles. The maximum absolute atomic E-state index is 13.4. The van der Waals surface area contributed by atoms with E-state index in [1.165, 1.54) is 7.05 Å². The van der Waals surface area contributed by atoms with Gasteiger partial charge in [0.05, 0.1) is 5.75 Å². The number of hydrogen-bond acceptors (Lipinski definition) is 5. The summed E-state index contributed by atoms with van der Waals surface area (Å²) >= 11 is 0. The van der Waals surface area contributed by atoms with Gasteiger partial charge in [0.2, 0.25) is 10.0 Å².